The lowest BCUT2D eigenvalue weighted by atomic mass is 10.1. The highest BCUT2D eigenvalue weighted by Crippen LogP contribution is 2.20. The highest BCUT2D eigenvalue weighted by Gasteiger charge is 2.09. The maximum atomic E-state index is 13.0. The summed E-state index contributed by atoms with van der Waals surface area (Å²) in [5.74, 6) is 1.02. The predicted octanol–water partition coefficient (Wildman–Crippen LogP) is 4.69. The molecule has 0 aliphatic rings. The third kappa shape index (κ3) is 6.92. The quantitative estimate of drug-likeness (QED) is 0.480. The number of benzene rings is 2. The van der Waals surface area contributed by atoms with Crippen molar-refractivity contribution in [3.63, 3.8) is 0 Å². The summed E-state index contributed by atoms with van der Waals surface area (Å²) in [5.41, 5.74) is 1.42. The molecule has 1 amide bonds. The normalized spacial score (nSPS) is 10.4. The molecule has 6 nitrogen and oxygen atoms in total. The van der Waals surface area contributed by atoms with Gasteiger partial charge in [0.2, 0.25) is 11.8 Å². The van der Waals surface area contributed by atoms with Crippen LogP contribution in [-0.2, 0) is 11.3 Å². The Morgan fingerprint density at radius 3 is 2.39 bits per heavy atom. The van der Waals surface area contributed by atoms with Crippen LogP contribution in [0.4, 0.5) is 4.39 Å². The van der Waals surface area contributed by atoms with Crippen LogP contribution >= 0.6 is 0 Å². The van der Waals surface area contributed by atoms with E-state index >= 15 is 0 Å². The van der Waals surface area contributed by atoms with Gasteiger partial charge in [0.05, 0.1) is 7.11 Å². The van der Waals surface area contributed by atoms with Gasteiger partial charge in [-0.15, -0.1) is 0 Å². The second kappa shape index (κ2) is 10.9. The molecule has 0 spiro atoms. The number of hydrogen-bond donors (Lipinski definition) is 1. The molecule has 1 heterocycles. The van der Waals surface area contributed by atoms with Gasteiger partial charge in [-0.3, -0.25) is 9.59 Å². The zero-order chi connectivity index (χ0) is 22.1. The largest absolute Gasteiger partial charge is 0.497 e. The summed E-state index contributed by atoms with van der Waals surface area (Å²) in [6.45, 7) is 0.313. The van der Waals surface area contributed by atoms with Gasteiger partial charge in [0.15, 0.2) is 5.78 Å². The van der Waals surface area contributed by atoms with Crippen LogP contribution in [0, 0.1) is 5.82 Å². The van der Waals surface area contributed by atoms with E-state index in [2.05, 4.69) is 10.3 Å². The molecule has 7 heteroatoms. The molecule has 2 aromatic carbocycles. The van der Waals surface area contributed by atoms with E-state index in [1.54, 1.807) is 49.7 Å². The van der Waals surface area contributed by atoms with Crippen molar-refractivity contribution in [1.29, 1.82) is 0 Å². The monoisotopic (exact) mass is 422 g/mol. The average molecular weight is 422 g/mol. The lowest BCUT2D eigenvalue weighted by Crippen LogP contribution is -2.22. The number of pyridine rings is 1. The minimum absolute atomic E-state index is 0.00725. The van der Waals surface area contributed by atoms with Gasteiger partial charge in [-0.05, 0) is 66.6 Å². The van der Waals surface area contributed by atoms with E-state index in [0.717, 1.165) is 5.56 Å². The molecule has 3 aromatic rings. The van der Waals surface area contributed by atoms with Crippen LogP contribution in [0.3, 0.4) is 0 Å². The van der Waals surface area contributed by atoms with Gasteiger partial charge in [-0.1, -0.05) is 0 Å². The van der Waals surface area contributed by atoms with E-state index in [9.17, 15) is 14.0 Å². The third-order valence-electron chi connectivity index (χ3n) is 4.54. The van der Waals surface area contributed by atoms with Crippen molar-refractivity contribution in [3.05, 3.63) is 83.8 Å². The number of carbonyl (C=O) groups excluding carboxylic acids is 2. The number of Topliss-reactive ketones (excluding diaryl/α,β-unsaturated/α-hetero) is 1. The van der Waals surface area contributed by atoms with Gasteiger partial charge in [-0.2, -0.15) is 0 Å². The van der Waals surface area contributed by atoms with Gasteiger partial charge in [-0.25, -0.2) is 9.37 Å². The van der Waals surface area contributed by atoms with Crippen LogP contribution in [0.2, 0.25) is 0 Å². The number of ether oxygens (including phenoxy) is 2. The van der Waals surface area contributed by atoms with Crippen LogP contribution in [0.5, 0.6) is 17.4 Å². The van der Waals surface area contributed by atoms with Gasteiger partial charge in [0, 0.05) is 37.2 Å². The van der Waals surface area contributed by atoms with Crippen LogP contribution in [0.1, 0.15) is 35.2 Å². The molecular formula is C24H23FN2O4. The number of hydrogen-bond acceptors (Lipinski definition) is 5. The fourth-order valence-corrected chi connectivity index (χ4v) is 2.86. The number of ketones is 1. The lowest BCUT2D eigenvalue weighted by molar-refractivity contribution is -0.121. The first-order valence-electron chi connectivity index (χ1n) is 9.86. The molecule has 0 saturated carbocycles. The number of nitrogens with zero attached hydrogens (tertiary/aromatic N) is 1. The van der Waals surface area contributed by atoms with Crippen molar-refractivity contribution in [2.75, 3.05) is 7.11 Å². The molecule has 3 rings (SSSR count). The molecule has 0 aliphatic carbocycles. The minimum atomic E-state index is -0.345. The Morgan fingerprint density at radius 1 is 0.968 bits per heavy atom. The number of aromatic nitrogens is 1. The Bertz CT molecular complexity index is 1020. The molecule has 0 unspecified atom stereocenters. The molecule has 0 atom stereocenters. The Hall–Kier alpha value is -3.74. The Balaban J connectivity index is 1.42. The van der Waals surface area contributed by atoms with Crippen molar-refractivity contribution in [2.24, 2.45) is 0 Å². The van der Waals surface area contributed by atoms with Crippen LogP contribution in [-0.4, -0.2) is 23.8 Å². The molecule has 0 radical (unpaired) electrons. The van der Waals surface area contributed by atoms with E-state index in [1.807, 2.05) is 0 Å². The van der Waals surface area contributed by atoms with Crippen molar-refractivity contribution >= 4 is 11.7 Å². The van der Waals surface area contributed by atoms with E-state index in [-0.39, 0.29) is 23.9 Å². The van der Waals surface area contributed by atoms with Crippen molar-refractivity contribution in [3.8, 4) is 17.4 Å². The van der Waals surface area contributed by atoms with E-state index in [4.69, 9.17) is 9.47 Å². The fraction of sp³-hybridized carbons (Fsp3) is 0.208. The van der Waals surface area contributed by atoms with Gasteiger partial charge < -0.3 is 14.8 Å². The number of carbonyl (C=O) groups is 2. The molecule has 0 bridgehead atoms. The first-order chi connectivity index (χ1) is 15.0. The summed E-state index contributed by atoms with van der Waals surface area (Å²) in [6, 6.07) is 16.0. The molecule has 0 aliphatic heterocycles. The molecule has 1 N–H and O–H groups in total. The Morgan fingerprint density at radius 2 is 1.68 bits per heavy atom. The summed E-state index contributed by atoms with van der Waals surface area (Å²) in [7, 11) is 1.57. The molecule has 31 heavy (non-hydrogen) atoms. The second-order valence-corrected chi connectivity index (χ2v) is 6.84. The van der Waals surface area contributed by atoms with E-state index < -0.39 is 0 Å². The molecule has 0 saturated heterocycles. The Kier molecular flexibility index (Phi) is 7.70. The summed E-state index contributed by atoms with van der Waals surface area (Å²) >= 11 is 0. The maximum absolute atomic E-state index is 13.0. The predicted molar refractivity (Wildman–Crippen MR) is 114 cm³/mol. The van der Waals surface area contributed by atoms with Crippen LogP contribution in [0.15, 0.2) is 66.9 Å². The highest BCUT2D eigenvalue weighted by atomic mass is 19.1. The zero-order valence-electron chi connectivity index (χ0n) is 17.1. The number of rotatable bonds is 10. The molecule has 160 valence electrons. The SMILES string of the molecule is COc1ccc(C(=O)CCCC(=O)NCc2ccnc(Oc3ccc(F)cc3)c2)cc1. The minimum Gasteiger partial charge on any atom is -0.497 e. The lowest BCUT2D eigenvalue weighted by Gasteiger charge is -2.08. The van der Waals surface area contributed by atoms with Gasteiger partial charge in [0.1, 0.15) is 17.3 Å². The molecule has 0 fully saturated rings. The standard InChI is InChI=1S/C24H23FN2O4/c1-30-20-9-5-18(6-10-20)22(28)3-2-4-23(29)27-16-17-13-14-26-24(15-17)31-21-11-7-19(25)8-12-21/h5-15H,2-4,16H2,1H3,(H,27,29). The van der Waals surface area contributed by atoms with Crippen molar-refractivity contribution < 1.29 is 23.5 Å². The highest BCUT2D eigenvalue weighted by molar-refractivity contribution is 5.96. The van der Waals surface area contributed by atoms with Crippen molar-refractivity contribution in [2.45, 2.75) is 25.8 Å². The van der Waals surface area contributed by atoms with Crippen LogP contribution < -0.4 is 14.8 Å². The first kappa shape index (κ1) is 22.0. The zero-order valence-corrected chi connectivity index (χ0v) is 17.1. The summed E-state index contributed by atoms with van der Waals surface area (Å²) in [6.07, 6.45) is 2.59. The van der Waals surface area contributed by atoms with Gasteiger partial charge in [0.25, 0.3) is 0 Å². The fourth-order valence-electron chi connectivity index (χ4n) is 2.86. The average Bonchev–Trinajstić information content (AvgIpc) is 2.79. The number of nitrogens with one attached hydrogen (secondary N) is 1. The topological polar surface area (TPSA) is 77.5 Å². The summed E-state index contributed by atoms with van der Waals surface area (Å²) in [5, 5.41) is 2.83. The number of methoxy groups -OCH3 is 1. The van der Waals surface area contributed by atoms with E-state index in [0.29, 0.717) is 42.3 Å². The third-order valence-corrected chi connectivity index (χ3v) is 4.54. The summed E-state index contributed by atoms with van der Waals surface area (Å²) < 4.78 is 23.6. The second-order valence-electron chi connectivity index (χ2n) is 6.84. The van der Waals surface area contributed by atoms with Crippen molar-refractivity contribution in [1.82, 2.24) is 10.3 Å². The van der Waals surface area contributed by atoms with Crippen LogP contribution in [0.25, 0.3) is 0 Å². The summed E-state index contributed by atoms with van der Waals surface area (Å²) in [4.78, 5) is 28.4. The first-order valence-corrected chi connectivity index (χ1v) is 9.86. The maximum Gasteiger partial charge on any atom is 0.220 e. The van der Waals surface area contributed by atoms with E-state index in [1.165, 1.54) is 24.3 Å². The molecular weight excluding hydrogens is 399 g/mol. The van der Waals surface area contributed by atoms with Gasteiger partial charge >= 0.3 is 0 Å². The number of amides is 1. The smallest absolute Gasteiger partial charge is 0.220 e. The number of halogens is 1. The molecule has 1 aromatic heterocycles. The Labute approximate surface area is 180 Å².